The van der Waals surface area contributed by atoms with Gasteiger partial charge in [-0.05, 0) is 51.4 Å². The normalized spacial score (nSPS) is 11.1. The van der Waals surface area contributed by atoms with Gasteiger partial charge in [0.2, 0.25) is 5.89 Å². The van der Waals surface area contributed by atoms with E-state index in [1.165, 1.54) is 16.9 Å². The van der Waals surface area contributed by atoms with Crippen LogP contribution in [0.3, 0.4) is 0 Å². The maximum absolute atomic E-state index is 5.70. The Balaban J connectivity index is 1.88. The minimum Gasteiger partial charge on any atom is -0.420 e. The zero-order valence-corrected chi connectivity index (χ0v) is 12.6. The highest BCUT2D eigenvalue weighted by Gasteiger charge is 2.11. The SMILES string of the molecule is CCCNCCCc1nnc(-c2cc(C)c(C)s2)o1. The van der Waals surface area contributed by atoms with Gasteiger partial charge in [0, 0.05) is 11.3 Å². The second-order valence-electron chi connectivity index (χ2n) is 4.70. The second-order valence-corrected chi connectivity index (χ2v) is 5.96. The number of rotatable bonds is 7. The minimum atomic E-state index is 0.651. The molecule has 0 atom stereocenters. The monoisotopic (exact) mass is 279 g/mol. The van der Waals surface area contributed by atoms with Crippen LogP contribution in [0.5, 0.6) is 0 Å². The third-order valence-electron chi connectivity index (χ3n) is 3.01. The average Bonchev–Trinajstić information content (AvgIpc) is 2.97. The molecule has 5 heteroatoms. The van der Waals surface area contributed by atoms with Crippen molar-refractivity contribution >= 4 is 11.3 Å². The van der Waals surface area contributed by atoms with E-state index in [4.69, 9.17) is 4.42 Å². The summed E-state index contributed by atoms with van der Waals surface area (Å²) in [5, 5.41) is 11.6. The van der Waals surface area contributed by atoms with Gasteiger partial charge < -0.3 is 9.73 Å². The molecule has 0 spiro atoms. The first-order valence-corrected chi connectivity index (χ1v) is 7.63. The van der Waals surface area contributed by atoms with Crippen molar-refractivity contribution in [3.8, 4) is 10.8 Å². The lowest BCUT2D eigenvalue weighted by atomic mass is 10.3. The fourth-order valence-corrected chi connectivity index (χ4v) is 2.75. The summed E-state index contributed by atoms with van der Waals surface area (Å²) in [6, 6.07) is 2.11. The topological polar surface area (TPSA) is 51.0 Å². The zero-order chi connectivity index (χ0) is 13.7. The van der Waals surface area contributed by atoms with Crippen LogP contribution in [-0.4, -0.2) is 23.3 Å². The molecule has 0 bridgehead atoms. The molecule has 0 fully saturated rings. The van der Waals surface area contributed by atoms with Crippen molar-refractivity contribution in [2.45, 2.75) is 40.0 Å². The summed E-state index contributed by atoms with van der Waals surface area (Å²) >= 11 is 1.71. The Morgan fingerprint density at radius 3 is 2.79 bits per heavy atom. The number of hydrogen-bond donors (Lipinski definition) is 1. The van der Waals surface area contributed by atoms with E-state index in [9.17, 15) is 0 Å². The highest BCUT2D eigenvalue weighted by atomic mass is 32.1. The largest absolute Gasteiger partial charge is 0.420 e. The van der Waals surface area contributed by atoms with E-state index in [2.05, 4.69) is 42.4 Å². The van der Waals surface area contributed by atoms with E-state index in [1.807, 2.05) is 0 Å². The van der Waals surface area contributed by atoms with Gasteiger partial charge in [-0.15, -0.1) is 21.5 Å². The van der Waals surface area contributed by atoms with Gasteiger partial charge in [0.1, 0.15) is 0 Å². The van der Waals surface area contributed by atoms with Crippen molar-refractivity contribution < 1.29 is 4.42 Å². The number of thiophene rings is 1. The first-order chi connectivity index (χ1) is 9.20. The number of nitrogens with one attached hydrogen (secondary N) is 1. The van der Waals surface area contributed by atoms with Gasteiger partial charge in [-0.3, -0.25) is 0 Å². The van der Waals surface area contributed by atoms with Crippen LogP contribution < -0.4 is 5.32 Å². The lowest BCUT2D eigenvalue weighted by Gasteiger charge is -1.99. The number of aromatic nitrogens is 2. The first kappa shape index (κ1) is 14.2. The van der Waals surface area contributed by atoms with E-state index in [0.29, 0.717) is 5.89 Å². The van der Waals surface area contributed by atoms with Crippen LogP contribution >= 0.6 is 11.3 Å². The van der Waals surface area contributed by atoms with Crippen LogP contribution in [0.4, 0.5) is 0 Å². The Bertz CT molecular complexity index is 499. The Morgan fingerprint density at radius 1 is 1.26 bits per heavy atom. The fourth-order valence-electron chi connectivity index (χ4n) is 1.80. The maximum Gasteiger partial charge on any atom is 0.257 e. The molecule has 2 aromatic rings. The van der Waals surface area contributed by atoms with Gasteiger partial charge in [0.05, 0.1) is 4.88 Å². The lowest BCUT2D eigenvalue weighted by Crippen LogP contribution is -2.16. The Morgan fingerprint density at radius 2 is 2.11 bits per heavy atom. The second kappa shape index (κ2) is 6.82. The van der Waals surface area contributed by atoms with Crippen LogP contribution in [0.15, 0.2) is 10.5 Å². The molecule has 2 aromatic heterocycles. The average molecular weight is 279 g/mol. The molecule has 0 aliphatic rings. The van der Waals surface area contributed by atoms with Crippen LogP contribution in [0.25, 0.3) is 10.8 Å². The van der Waals surface area contributed by atoms with E-state index >= 15 is 0 Å². The van der Waals surface area contributed by atoms with Crippen molar-refractivity contribution in [2.75, 3.05) is 13.1 Å². The molecule has 0 saturated heterocycles. The van der Waals surface area contributed by atoms with Crippen molar-refractivity contribution in [3.05, 3.63) is 22.4 Å². The quantitative estimate of drug-likeness (QED) is 0.790. The van der Waals surface area contributed by atoms with Crippen LogP contribution in [0.1, 0.15) is 36.1 Å². The summed E-state index contributed by atoms with van der Waals surface area (Å²) in [6.07, 6.45) is 3.04. The molecule has 2 rings (SSSR count). The van der Waals surface area contributed by atoms with Crippen LogP contribution in [0, 0.1) is 13.8 Å². The Hall–Kier alpha value is -1.20. The standard InChI is InChI=1S/C14H21N3OS/c1-4-7-15-8-5-6-13-16-17-14(18-13)12-9-10(2)11(3)19-12/h9,15H,4-8H2,1-3H3. The number of nitrogens with zero attached hydrogens (tertiary/aromatic N) is 2. The molecule has 19 heavy (non-hydrogen) atoms. The summed E-state index contributed by atoms with van der Waals surface area (Å²) < 4.78 is 5.70. The van der Waals surface area contributed by atoms with E-state index in [1.54, 1.807) is 11.3 Å². The third kappa shape index (κ3) is 3.88. The highest BCUT2D eigenvalue weighted by Crippen LogP contribution is 2.29. The van der Waals surface area contributed by atoms with E-state index in [-0.39, 0.29) is 0 Å². The molecule has 0 aromatic carbocycles. The Kier molecular flexibility index (Phi) is 5.10. The summed E-state index contributed by atoms with van der Waals surface area (Å²) in [7, 11) is 0. The molecule has 4 nitrogen and oxygen atoms in total. The molecule has 0 unspecified atom stereocenters. The van der Waals surface area contributed by atoms with Crippen LogP contribution in [-0.2, 0) is 6.42 Å². The van der Waals surface area contributed by atoms with Gasteiger partial charge in [-0.1, -0.05) is 6.92 Å². The molecule has 104 valence electrons. The van der Waals surface area contributed by atoms with Gasteiger partial charge in [-0.25, -0.2) is 0 Å². The predicted octanol–water partition coefficient (Wildman–Crippen LogP) is 3.35. The van der Waals surface area contributed by atoms with Crippen molar-refractivity contribution in [3.63, 3.8) is 0 Å². The number of aryl methyl sites for hydroxylation is 3. The Labute approximate surface area is 118 Å². The van der Waals surface area contributed by atoms with Gasteiger partial charge in [-0.2, -0.15) is 0 Å². The van der Waals surface area contributed by atoms with Gasteiger partial charge in [0.15, 0.2) is 0 Å². The van der Waals surface area contributed by atoms with E-state index < -0.39 is 0 Å². The lowest BCUT2D eigenvalue weighted by molar-refractivity contribution is 0.492. The molecule has 0 amide bonds. The minimum absolute atomic E-state index is 0.651. The molecular formula is C14H21N3OS. The zero-order valence-electron chi connectivity index (χ0n) is 11.8. The van der Waals surface area contributed by atoms with E-state index in [0.717, 1.165) is 36.7 Å². The summed E-state index contributed by atoms with van der Waals surface area (Å²) in [5.41, 5.74) is 1.28. The first-order valence-electron chi connectivity index (χ1n) is 6.81. The summed E-state index contributed by atoms with van der Waals surface area (Å²) in [6.45, 7) is 8.46. The molecule has 0 saturated carbocycles. The molecular weight excluding hydrogens is 258 g/mol. The highest BCUT2D eigenvalue weighted by molar-refractivity contribution is 7.15. The van der Waals surface area contributed by atoms with Gasteiger partial charge >= 0.3 is 0 Å². The number of hydrogen-bond acceptors (Lipinski definition) is 5. The third-order valence-corrected chi connectivity index (χ3v) is 4.16. The summed E-state index contributed by atoms with van der Waals surface area (Å²) in [4.78, 5) is 2.37. The summed E-state index contributed by atoms with van der Waals surface area (Å²) in [5.74, 6) is 1.38. The van der Waals surface area contributed by atoms with Gasteiger partial charge in [0.25, 0.3) is 5.89 Å². The van der Waals surface area contributed by atoms with Crippen molar-refractivity contribution in [2.24, 2.45) is 0 Å². The van der Waals surface area contributed by atoms with Crippen molar-refractivity contribution in [1.29, 1.82) is 0 Å². The molecule has 1 N–H and O–H groups in total. The molecule has 2 heterocycles. The molecule has 0 radical (unpaired) electrons. The predicted molar refractivity (Wildman–Crippen MR) is 78.6 cm³/mol. The maximum atomic E-state index is 5.70. The van der Waals surface area contributed by atoms with Crippen molar-refractivity contribution in [1.82, 2.24) is 15.5 Å². The molecule has 0 aliphatic heterocycles. The van der Waals surface area contributed by atoms with Crippen LogP contribution in [0.2, 0.25) is 0 Å². The molecule has 0 aliphatic carbocycles. The fraction of sp³-hybridized carbons (Fsp3) is 0.571. The smallest absolute Gasteiger partial charge is 0.257 e.